The molecule has 0 radical (unpaired) electrons. The number of fused-ring (bicyclic) bond motifs is 3. The lowest BCUT2D eigenvalue weighted by molar-refractivity contribution is 1.24. The Morgan fingerprint density at radius 1 is 1.12 bits per heavy atom. The predicted molar refractivity (Wildman–Crippen MR) is 62.7 cm³/mol. The Bertz CT molecular complexity index is 751. The van der Waals surface area contributed by atoms with Crippen LogP contribution in [0.25, 0.3) is 21.9 Å². The van der Waals surface area contributed by atoms with Gasteiger partial charge in [-0.2, -0.15) is 0 Å². The summed E-state index contributed by atoms with van der Waals surface area (Å²) < 4.78 is 0. The van der Waals surface area contributed by atoms with Gasteiger partial charge in [-0.05, 0) is 18.2 Å². The first kappa shape index (κ1) is 9.30. The maximum atomic E-state index is 11.7. The van der Waals surface area contributed by atoms with E-state index in [1.54, 1.807) is 18.3 Å². The van der Waals surface area contributed by atoms with E-state index in [4.69, 9.17) is 11.6 Å². The minimum absolute atomic E-state index is 0.252. The SMILES string of the molecule is O=c1[nH]c2cc(Cl)ccc2c2nccnc12. The van der Waals surface area contributed by atoms with Gasteiger partial charge in [0.05, 0.1) is 5.52 Å². The Morgan fingerprint density at radius 3 is 2.69 bits per heavy atom. The molecular formula is C11H6ClN3O. The van der Waals surface area contributed by atoms with E-state index in [2.05, 4.69) is 15.0 Å². The van der Waals surface area contributed by atoms with Gasteiger partial charge in [0.15, 0.2) is 5.52 Å². The Morgan fingerprint density at radius 2 is 1.88 bits per heavy atom. The highest BCUT2D eigenvalue weighted by atomic mass is 35.5. The first-order valence-corrected chi connectivity index (χ1v) is 5.06. The highest BCUT2D eigenvalue weighted by Gasteiger charge is 2.06. The number of halogens is 1. The van der Waals surface area contributed by atoms with Crippen LogP contribution >= 0.6 is 11.6 Å². The highest BCUT2D eigenvalue weighted by molar-refractivity contribution is 6.31. The smallest absolute Gasteiger partial charge is 0.276 e. The van der Waals surface area contributed by atoms with Crippen LogP contribution in [0.15, 0.2) is 35.4 Å². The zero-order valence-corrected chi connectivity index (χ0v) is 8.82. The molecule has 0 aliphatic rings. The molecule has 0 aliphatic heterocycles. The quantitative estimate of drug-likeness (QED) is 0.603. The molecule has 0 fully saturated rings. The van der Waals surface area contributed by atoms with E-state index in [0.717, 1.165) is 5.39 Å². The minimum Gasteiger partial charge on any atom is -0.320 e. The van der Waals surface area contributed by atoms with Gasteiger partial charge in [0.1, 0.15) is 5.52 Å². The lowest BCUT2D eigenvalue weighted by atomic mass is 10.2. The van der Waals surface area contributed by atoms with Gasteiger partial charge >= 0.3 is 0 Å². The van der Waals surface area contributed by atoms with E-state index in [0.29, 0.717) is 21.6 Å². The van der Waals surface area contributed by atoms with Crippen LogP contribution in [0.2, 0.25) is 5.02 Å². The number of nitrogens with zero attached hydrogens (tertiary/aromatic N) is 2. The molecule has 4 nitrogen and oxygen atoms in total. The summed E-state index contributed by atoms with van der Waals surface area (Å²) in [5.41, 5.74) is 1.36. The fourth-order valence-corrected chi connectivity index (χ4v) is 1.88. The molecule has 2 heterocycles. The van der Waals surface area contributed by atoms with E-state index >= 15 is 0 Å². The van der Waals surface area contributed by atoms with Crippen LogP contribution in [0.3, 0.4) is 0 Å². The van der Waals surface area contributed by atoms with Crippen molar-refractivity contribution in [2.24, 2.45) is 0 Å². The zero-order valence-electron chi connectivity index (χ0n) is 8.07. The summed E-state index contributed by atoms with van der Waals surface area (Å²) in [4.78, 5) is 22.6. The number of aromatic amines is 1. The van der Waals surface area contributed by atoms with E-state index in [1.165, 1.54) is 6.20 Å². The predicted octanol–water partition coefficient (Wildman–Crippen LogP) is 2.12. The zero-order chi connectivity index (χ0) is 11.1. The standard InChI is InChI=1S/C11H6ClN3O/c12-6-1-2-7-8(5-6)15-11(16)10-9(7)13-3-4-14-10/h1-5H,(H,15,16). The molecule has 1 aromatic carbocycles. The summed E-state index contributed by atoms with van der Waals surface area (Å²) in [5.74, 6) is 0. The number of benzene rings is 1. The lowest BCUT2D eigenvalue weighted by Gasteiger charge is -2.01. The molecule has 3 rings (SSSR count). The van der Waals surface area contributed by atoms with Gasteiger partial charge in [-0.3, -0.25) is 9.78 Å². The minimum atomic E-state index is -0.252. The number of aromatic nitrogens is 3. The Balaban J connectivity index is 2.64. The van der Waals surface area contributed by atoms with Crippen molar-refractivity contribution < 1.29 is 0 Å². The van der Waals surface area contributed by atoms with Crippen LogP contribution in [0.5, 0.6) is 0 Å². The Hall–Kier alpha value is -1.94. The molecule has 0 amide bonds. The van der Waals surface area contributed by atoms with Crippen LogP contribution < -0.4 is 5.56 Å². The number of H-pyrrole nitrogens is 1. The van der Waals surface area contributed by atoms with Gasteiger partial charge in [0.2, 0.25) is 0 Å². The van der Waals surface area contributed by atoms with E-state index in [9.17, 15) is 4.79 Å². The fourth-order valence-electron chi connectivity index (χ4n) is 1.71. The molecule has 0 unspecified atom stereocenters. The number of rotatable bonds is 0. The van der Waals surface area contributed by atoms with Gasteiger partial charge in [-0.15, -0.1) is 0 Å². The first-order chi connectivity index (χ1) is 7.75. The molecular weight excluding hydrogens is 226 g/mol. The molecule has 0 bridgehead atoms. The average molecular weight is 232 g/mol. The van der Waals surface area contributed by atoms with Gasteiger partial charge in [0, 0.05) is 22.8 Å². The molecule has 2 aromatic heterocycles. The second kappa shape index (κ2) is 3.28. The van der Waals surface area contributed by atoms with Crippen molar-refractivity contribution in [3.05, 3.63) is 46.0 Å². The molecule has 78 valence electrons. The molecule has 1 N–H and O–H groups in total. The molecule has 0 saturated carbocycles. The number of nitrogens with one attached hydrogen (secondary N) is 1. The Labute approximate surface area is 94.9 Å². The molecule has 0 aliphatic carbocycles. The molecule has 16 heavy (non-hydrogen) atoms. The van der Waals surface area contributed by atoms with Crippen LogP contribution in [0.1, 0.15) is 0 Å². The summed E-state index contributed by atoms with van der Waals surface area (Å²) in [6.45, 7) is 0. The summed E-state index contributed by atoms with van der Waals surface area (Å²) in [7, 11) is 0. The third kappa shape index (κ3) is 1.27. The van der Waals surface area contributed by atoms with Crippen LogP contribution in [0, 0.1) is 0 Å². The van der Waals surface area contributed by atoms with Crippen molar-refractivity contribution >= 4 is 33.5 Å². The molecule has 3 aromatic rings. The van der Waals surface area contributed by atoms with Crippen LogP contribution in [-0.4, -0.2) is 15.0 Å². The fraction of sp³-hybridized carbons (Fsp3) is 0. The second-order valence-electron chi connectivity index (χ2n) is 3.40. The van der Waals surface area contributed by atoms with Crippen molar-refractivity contribution in [2.75, 3.05) is 0 Å². The van der Waals surface area contributed by atoms with Crippen molar-refractivity contribution in [1.29, 1.82) is 0 Å². The molecule has 0 saturated heterocycles. The monoisotopic (exact) mass is 231 g/mol. The summed E-state index contributed by atoms with van der Waals surface area (Å²) in [6.07, 6.45) is 3.06. The third-order valence-corrected chi connectivity index (χ3v) is 2.63. The third-order valence-electron chi connectivity index (χ3n) is 2.40. The largest absolute Gasteiger partial charge is 0.320 e. The van der Waals surface area contributed by atoms with Crippen molar-refractivity contribution in [1.82, 2.24) is 15.0 Å². The lowest BCUT2D eigenvalue weighted by Crippen LogP contribution is -2.08. The van der Waals surface area contributed by atoms with Gasteiger partial charge in [-0.1, -0.05) is 11.6 Å². The summed E-state index contributed by atoms with van der Waals surface area (Å²) >= 11 is 5.86. The van der Waals surface area contributed by atoms with Crippen LogP contribution in [-0.2, 0) is 0 Å². The van der Waals surface area contributed by atoms with Crippen LogP contribution in [0.4, 0.5) is 0 Å². The topological polar surface area (TPSA) is 58.6 Å². The Kier molecular flexibility index (Phi) is 1.91. The number of hydrogen-bond acceptors (Lipinski definition) is 3. The molecule has 0 atom stereocenters. The van der Waals surface area contributed by atoms with Crippen molar-refractivity contribution in [3.63, 3.8) is 0 Å². The maximum Gasteiger partial charge on any atom is 0.276 e. The van der Waals surface area contributed by atoms with Crippen molar-refractivity contribution in [2.45, 2.75) is 0 Å². The van der Waals surface area contributed by atoms with Gasteiger partial charge in [0.25, 0.3) is 5.56 Å². The number of pyridine rings is 1. The number of hydrogen-bond donors (Lipinski definition) is 1. The van der Waals surface area contributed by atoms with Gasteiger partial charge in [-0.25, -0.2) is 4.98 Å². The maximum absolute atomic E-state index is 11.7. The van der Waals surface area contributed by atoms with Crippen molar-refractivity contribution in [3.8, 4) is 0 Å². The normalized spacial score (nSPS) is 11.1. The van der Waals surface area contributed by atoms with E-state index in [-0.39, 0.29) is 5.56 Å². The van der Waals surface area contributed by atoms with E-state index in [1.807, 2.05) is 6.07 Å². The van der Waals surface area contributed by atoms with Gasteiger partial charge < -0.3 is 4.98 Å². The molecule has 5 heteroatoms. The molecule has 0 spiro atoms. The summed E-state index contributed by atoms with van der Waals surface area (Å²) in [6, 6.07) is 5.29. The second-order valence-corrected chi connectivity index (χ2v) is 3.83. The first-order valence-electron chi connectivity index (χ1n) is 4.68. The van der Waals surface area contributed by atoms with E-state index < -0.39 is 0 Å². The highest BCUT2D eigenvalue weighted by Crippen LogP contribution is 2.20. The average Bonchev–Trinajstić information content (AvgIpc) is 2.29. The summed E-state index contributed by atoms with van der Waals surface area (Å²) in [5, 5.41) is 1.42.